The van der Waals surface area contributed by atoms with Gasteiger partial charge >= 0.3 is 12.3 Å². The number of anilines is 1. The van der Waals surface area contributed by atoms with E-state index in [2.05, 4.69) is 25.5 Å². The zero-order chi connectivity index (χ0) is 28.5. The maximum atomic E-state index is 13.5. The van der Waals surface area contributed by atoms with Gasteiger partial charge < -0.3 is 20.1 Å². The van der Waals surface area contributed by atoms with Crippen LogP contribution in [0, 0.1) is 0 Å². The molecule has 0 unspecified atom stereocenters. The van der Waals surface area contributed by atoms with E-state index in [-0.39, 0.29) is 32.9 Å². The number of amides is 2. The molecule has 10 nitrogen and oxygen atoms in total. The van der Waals surface area contributed by atoms with Gasteiger partial charge in [0.05, 0.1) is 28.4 Å². The zero-order valence-corrected chi connectivity index (χ0v) is 21.4. The van der Waals surface area contributed by atoms with E-state index in [1.54, 1.807) is 0 Å². The number of carbonyl (C=O) groups excluding carboxylic acids is 3. The number of halogens is 5. The summed E-state index contributed by atoms with van der Waals surface area (Å²) in [6, 6.07) is 8.94. The highest BCUT2D eigenvalue weighted by molar-refractivity contribution is 6.40. The van der Waals surface area contributed by atoms with Crippen molar-refractivity contribution in [3.8, 4) is 11.6 Å². The Morgan fingerprint density at radius 2 is 1.79 bits per heavy atom. The van der Waals surface area contributed by atoms with Crippen LogP contribution in [0.25, 0.3) is 16.6 Å². The minimum Gasteiger partial charge on any atom is -0.437 e. The van der Waals surface area contributed by atoms with Crippen molar-refractivity contribution >= 4 is 57.6 Å². The topological polar surface area (TPSA) is 124 Å². The normalized spacial score (nSPS) is 11.3. The van der Waals surface area contributed by atoms with E-state index in [1.165, 1.54) is 49.6 Å². The number of benzene rings is 2. The Morgan fingerprint density at radius 3 is 2.44 bits per heavy atom. The van der Waals surface area contributed by atoms with Crippen molar-refractivity contribution < 1.29 is 37.0 Å². The fourth-order valence-electron chi connectivity index (χ4n) is 3.53. The molecule has 0 spiro atoms. The molecule has 2 amide bonds. The number of methoxy groups -OCH3 is 1. The molecule has 39 heavy (non-hydrogen) atoms. The van der Waals surface area contributed by atoms with E-state index in [9.17, 15) is 27.6 Å². The average molecular weight is 582 g/mol. The number of nitrogens with one attached hydrogen (secondary N) is 2. The van der Waals surface area contributed by atoms with E-state index in [4.69, 9.17) is 27.9 Å². The summed E-state index contributed by atoms with van der Waals surface area (Å²) in [5.41, 5.74) is -2.27. The molecule has 0 radical (unpaired) electrons. The first kappa shape index (κ1) is 27.7. The van der Waals surface area contributed by atoms with Crippen molar-refractivity contribution in [1.82, 2.24) is 20.1 Å². The number of rotatable bonds is 5. The van der Waals surface area contributed by atoms with Crippen LogP contribution in [-0.4, -0.2) is 46.9 Å². The molecule has 0 bridgehead atoms. The van der Waals surface area contributed by atoms with Gasteiger partial charge in [-0.1, -0.05) is 23.2 Å². The molecular formula is C24H16Cl2F3N5O5. The first-order valence-electron chi connectivity index (χ1n) is 10.8. The van der Waals surface area contributed by atoms with E-state index < -0.39 is 35.5 Å². The summed E-state index contributed by atoms with van der Waals surface area (Å²) in [7, 11) is 2.46. The number of fused-ring (bicyclic) bond motifs is 1. The molecule has 0 saturated carbocycles. The number of hydrogen-bond acceptors (Lipinski definition) is 7. The lowest BCUT2D eigenvalue weighted by atomic mass is 10.0. The number of ether oxygens (including phenoxy) is 2. The van der Waals surface area contributed by atoms with E-state index in [1.807, 2.05) is 0 Å². The van der Waals surface area contributed by atoms with Crippen molar-refractivity contribution in [2.24, 2.45) is 0 Å². The van der Waals surface area contributed by atoms with Crippen molar-refractivity contribution in [3.05, 3.63) is 75.7 Å². The van der Waals surface area contributed by atoms with Gasteiger partial charge in [0.15, 0.2) is 11.5 Å². The van der Waals surface area contributed by atoms with Gasteiger partial charge in [-0.05, 0) is 41.8 Å². The maximum absolute atomic E-state index is 13.5. The predicted molar refractivity (Wildman–Crippen MR) is 135 cm³/mol. The molecule has 2 heterocycles. The summed E-state index contributed by atoms with van der Waals surface area (Å²) in [4.78, 5) is 41.4. The van der Waals surface area contributed by atoms with Gasteiger partial charge in [0.25, 0.3) is 11.8 Å². The maximum Gasteiger partial charge on any atom is 0.513 e. The van der Waals surface area contributed by atoms with Crippen molar-refractivity contribution in [2.75, 3.05) is 19.5 Å². The number of hydrogen-bond donors (Lipinski definition) is 2. The lowest BCUT2D eigenvalue weighted by Crippen LogP contribution is -2.23. The van der Waals surface area contributed by atoms with Crippen LogP contribution in [0.1, 0.15) is 26.5 Å². The van der Waals surface area contributed by atoms with Crippen LogP contribution in [0.4, 0.5) is 23.7 Å². The molecule has 2 aromatic heterocycles. The molecule has 0 fully saturated rings. The zero-order valence-electron chi connectivity index (χ0n) is 19.9. The summed E-state index contributed by atoms with van der Waals surface area (Å²) in [5.74, 6) is -1.91. The summed E-state index contributed by atoms with van der Waals surface area (Å²) in [6.07, 6.45) is -4.60. The number of carbonyl (C=O) groups is 3. The number of pyridine rings is 1. The largest absolute Gasteiger partial charge is 0.513 e. The average Bonchev–Trinajstić information content (AvgIpc) is 3.36. The minimum absolute atomic E-state index is 0.0665. The van der Waals surface area contributed by atoms with Gasteiger partial charge in [0.1, 0.15) is 11.4 Å². The standard InChI is InChI=1S/C24H16Cl2F3N5O5/c1-30-21(35)14-9-11-8-12(39-23(37)38-2)5-6-13(11)18(26)19(14)32-22(36)16-10-17(24(27,28)29)33-34(16)20-15(25)4-3-7-31-20/h3-10H,1-2H3,(H,30,35)(H,32,36). The third kappa shape index (κ3) is 5.59. The second-order valence-corrected chi connectivity index (χ2v) is 8.50. The predicted octanol–water partition coefficient (Wildman–Crippen LogP) is 5.50. The number of alkyl halides is 3. The summed E-state index contributed by atoms with van der Waals surface area (Å²) in [5, 5.41) is 8.80. The highest BCUT2D eigenvalue weighted by Gasteiger charge is 2.37. The summed E-state index contributed by atoms with van der Waals surface area (Å²) in [6.45, 7) is 0. The molecular weight excluding hydrogens is 566 g/mol. The second kappa shape index (κ2) is 10.8. The number of nitrogens with zero attached hydrogens (tertiary/aromatic N) is 3. The SMILES string of the molecule is CNC(=O)c1cc2cc(OC(=O)OC)ccc2c(Cl)c1NC(=O)c1cc(C(F)(F)F)nn1-c1ncccc1Cl. The molecule has 0 atom stereocenters. The quantitative estimate of drug-likeness (QED) is 0.235. The van der Waals surface area contributed by atoms with Crippen LogP contribution in [0.5, 0.6) is 5.75 Å². The molecule has 2 N–H and O–H groups in total. The Kier molecular flexibility index (Phi) is 7.65. The summed E-state index contributed by atoms with van der Waals surface area (Å²) >= 11 is 12.7. The van der Waals surface area contributed by atoms with Gasteiger partial charge in [-0.25, -0.2) is 14.5 Å². The molecule has 2 aromatic carbocycles. The van der Waals surface area contributed by atoms with Crippen LogP contribution in [0.3, 0.4) is 0 Å². The van der Waals surface area contributed by atoms with Crippen molar-refractivity contribution in [2.45, 2.75) is 6.18 Å². The molecule has 0 aliphatic heterocycles. The molecule has 0 saturated heterocycles. The van der Waals surface area contributed by atoms with Crippen LogP contribution in [0.2, 0.25) is 10.0 Å². The Hall–Kier alpha value is -4.36. The van der Waals surface area contributed by atoms with E-state index >= 15 is 0 Å². The lowest BCUT2D eigenvalue weighted by Gasteiger charge is -2.16. The highest BCUT2D eigenvalue weighted by Crippen LogP contribution is 2.37. The van der Waals surface area contributed by atoms with Gasteiger partial charge in [0, 0.05) is 24.7 Å². The molecule has 202 valence electrons. The highest BCUT2D eigenvalue weighted by atomic mass is 35.5. The monoisotopic (exact) mass is 581 g/mol. The van der Waals surface area contributed by atoms with E-state index in [0.29, 0.717) is 21.5 Å². The fourth-order valence-corrected chi connectivity index (χ4v) is 4.05. The van der Waals surface area contributed by atoms with E-state index in [0.717, 1.165) is 7.11 Å². The Morgan fingerprint density at radius 1 is 1.05 bits per heavy atom. The Balaban J connectivity index is 1.84. The van der Waals surface area contributed by atoms with Crippen LogP contribution < -0.4 is 15.4 Å². The fraction of sp³-hybridized carbons (Fsp3) is 0.125. The first-order valence-corrected chi connectivity index (χ1v) is 11.5. The smallest absolute Gasteiger partial charge is 0.437 e. The van der Waals surface area contributed by atoms with Gasteiger partial charge in [-0.2, -0.15) is 18.3 Å². The Labute approximate surface area is 227 Å². The minimum atomic E-state index is -4.89. The van der Waals surface area contributed by atoms with Crippen LogP contribution in [-0.2, 0) is 10.9 Å². The first-order chi connectivity index (χ1) is 18.4. The Bertz CT molecular complexity index is 1620. The third-order valence-corrected chi connectivity index (χ3v) is 5.99. The van der Waals surface area contributed by atoms with Gasteiger partial charge in [0.2, 0.25) is 0 Å². The van der Waals surface area contributed by atoms with Crippen molar-refractivity contribution in [3.63, 3.8) is 0 Å². The van der Waals surface area contributed by atoms with Gasteiger partial charge in [-0.3, -0.25) is 9.59 Å². The molecule has 0 aliphatic rings. The number of aromatic nitrogens is 3. The molecule has 4 aromatic rings. The van der Waals surface area contributed by atoms with Gasteiger partial charge in [-0.15, -0.1) is 0 Å². The molecule has 15 heteroatoms. The summed E-state index contributed by atoms with van der Waals surface area (Å²) < 4.78 is 50.6. The lowest BCUT2D eigenvalue weighted by molar-refractivity contribution is -0.141. The van der Waals surface area contributed by atoms with Crippen LogP contribution >= 0.6 is 23.2 Å². The van der Waals surface area contributed by atoms with Crippen molar-refractivity contribution in [1.29, 1.82) is 0 Å². The van der Waals surface area contributed by atoms with Crippen LogP contribution in [0.15, 0.2) is 48.7 Å². The second-order valence-electron chi connectivity index (χ2n) is 7.72. The molecule has 4 rings (SSSR count). The molecule has 0 aliphatic carbocycles. The third-order valence-electron chi connectivity index (χ3n) is 5.30.